The fourth-order valence-corrected chi connectivity index (χ4v) is 4.63. The average molecular weight is 456 g/mol. The van der Waals surface area contributed by atoms with Crippen molar-refractivity contribution in [3.63, 3.8) is 0 Å². The molecular formula is C26H20N2O6. The van der Waals surface area contributed by atoms with E-state index in [-0.39, 0.29) is 24.7 Å². The summed E-state index contributed by atoms with van der Waals surface area (Å²) < 4.78 is 16.3. The minimum absolute atomic E-state index is 0.0160. The number of likely N-dealkylation sites (tertiary alicyclic amines) is 1. The van der Waals surface area contributed by atoms with Crippen LogP contribution in [0.15, 0.2) is 77.0 Å². The molecule has 2 aromatic heterocycles. The number of rotatable bonds is 5. The minimum atomic E-state index is -0.842. The molecule has 0 saturated carbocycles. The van der Waals surface area contributed by atoms with Crippen LogP contribution < -0.4 is 9.47 Å². The summed E-state index contributed by atoms with van der Waals surface area (Å²) in [6.07, 6.45) is 3.92. The standard InChI is InChI=1S/C26H20N2O6/c29-24(15-7-8-19-21(12-15)34-14-33-19)22-23(20-6-3-11-32-20)28(26(31)25(22)30)10-9-16-13-27-18-5-2-1-4-17(16)18/h1-8,11-13,23,27,29H,9-10,14H2/b24-22-. The van der Waals surface area contributed by atoms with Crippen LogP contribution in [0.1, 0.15) is 22.9 Å². The van der Waals surface area contributed by atoms with Crippen molar-refractivity contribution in [3.8, 4) is 11.5 Å². The third-order valence-electron chi connectivity index (χ3n) is 6.30. The van der Waals surface area contributed by atoms with Crippen LogP contribution in [0.4, 0.5) is 0 Å². The Morgan fingerprint density at radius 3 is 2.76 bits per heavy atom. The van der Waals surface area contributed by atoms with E-state index < -0.39 is 17.7 Å². The molecule has 8 nitrogen and oxygen atoms in total. The van der Waals surface area contributed by atoms with Gasteiger partial charge in [-0.25, -0.2) is 0 Å². The Labute approximate surface area is 194 Å². The van der Waals surface area contributed by atoms with E-state index in [1.807, 2.05) is 30.5 Å². The summed E-state index contributed by atoms with van der Waals surface area (Å²) in [6.45, 7) is 0.361. The molecule has 2 aliphatic heterocycles. The predicted molar refractivity (Wildman–Crippen MR) is 122 cm³/mol. The second-order valence-corrected chi connectivity index (χ2v) is 8.19. The summed E-state index contributed by atoms with van der Waals surface area (Å²) in [7, 11) is 0. The second kappa shape index (κ2) is 7.84. The molecule has 6 rings (SSSR count). The number of benzene rings is 2. The second-order valence-electron chi connectivity index (χ2n) is 8.19. The third kappa shape index (κ3) is 3.14. The first kappa shape index (κ1) is 20.2. The molecule has 8 heteroatoms. The number of aromatic nitrogens is 1. The van der Waals surface area contributed by atoms with Crippen LogP contribution >= 0.6 is 0 Å². The van der Waals surface area contributed by atoms with E-state index in [2.05, 4.69) is 4.98 Å². The van der Waals surface area contributed by atoms with Crippen LogP contribution in [-0.4, -0.2) is 40.0 Å². The molecule has 2 aliphatic rings. The molecule has 1 amide bonds. The molecule has 1 unspecified atom stereocenters. The zero-order chi connectivity index (χ0) is 23.2. The van der Waals surface area contributed by atoms with Gasteiger partial charge in [-0.3, -0.25) is 9.59 Å². The van der Waals surface area contributed by atoms with Crippen LogP contribution in [0.2, 0.25) is 0 Å². The Morgan fingerprint density at radius 2 is 1.91 bits per heavy atom. The third-order valence-corrected chi connectivity index (χ3v) is 6.30. The highest BCUT2D eigenvalue weighted by Crippen LogP contribution is 2.41. The van der Waals surface area contributed by atoms with Crippen LogP contribution in [0.25, 0.3) is 16.7 Å². The number of H-pyrrole nitrogens is 1. The number of fused-ring (bicyclic) bond motifs is 2. The van der Waals surface area contributed by atoms with E-state index in [4.69, 9.17) is 13.9 Å². The number of aliphatic hydroxyl groups is 1. The van der Waals surface area contributed by atoms with Crippen molar-refractivity contribution in [1.82, 2.24) is 9.88 Å². The summed E-state index contributed by atoms with van der Waals surface area (Å²) in [5.41, 5.74) is 2.38. The first-order valence-electron chi connectivity index (χ1n) is 10.9. The van der Waals surface area contributed by atoms with Gasteiger partial charge in [0.25, 0.3) is 11.7 Å². The zero-order valence-electron chi connectivity index (χ0n) is 18.0. The lowest BCUT2D eigenvalue weighted by atomic mass is 9.99. The van der Waals surface area contributed by atoms with Gasteiger partial charge in [0.2, 0.25) is 6.79 Å². The number of aromatic amines is 1. The number of carbonyl (C=O) groups is 2. The normalized spacial score (nSPS) is 18.8. The summed E-state index contributed by atoms with van der Waals surface area (Å²) in [4.78, 5) is 30.9. The molecule has 1 atom stereocenters. The van der Waals surface area contributed by atoms with E-state index in [0.29, 0.717) is 29.2 Å². The number of amides is 1. The van der Waals surface area contributed by atoms with Gasteiger partial charge < -0.3 is 28.9 Å². The number of ketones is 1. The summed E-state index contributed by atoms with van der Waals surface area (Å²) in [5.74, 6) is -0.294. The monoisotopic (exact) mass is 456 g/mol. The molecule has 170 valence electrons. The van der Waals surface area contributed by atoms with Crippen LogP contribution in [0.3, 0.4) is 0 Å². The Bertz CT molecular complexity index is 1450. The number of Topliss-reactive ketones (excluding diaryl/α,β-unsaturated/α-hetero) is 1. The Hall–Kier alpha value is -4.46. The number of hydrogen-bond donors (Lipinski definition) is 2. The van der Waals surface area contributed by atoms with E-state index in [1.54, 1.807) is 30.3 Å². The number of furan rings is 1. The summed E-state index contributed by atoms with van der Waals surface area (Å²) >= 11 is 0. The fourth-order valence-electron chi connectivity index (χ4n) is 4.63. The van der Waals surface area contributed by atoms with Gasteiger partial charge in [0.1, 0.15) is 17.6 Å². The fraction of sp³-hybridized carbons (Fsp3) is 0.154. The van der Waals surface area contributed by atoms with E-state index >= 15 is 0 Å². The van der Waals surface area contributed by atoms with Gasteiger partial charge in [0.05, 0.1) is 11.8 Å². The van der Waals surface area contributed by atoms with Gasteiger partial charge in [-0.2, -0.15) is 0 Å². The van der Waals surface area contributed by atoms with Gasteiger partial charge >= 0.3 is 0 Å². The largest absolute Gasteiger partial charge is 0.507 e. The Morgan fingerprint density at radius 1 is 1.06 bits per heavy atom. The quantitative estimate of drug-likeness (QED) is 0.266. The number of ether oxygens (including phenoxy) is 2. The highest BCUT2D eigenvalue weighted by Gasteiger charge is 2.47. The van der Waals surface area contributed by atoms with Gasteiger partial charge in [-0.15, -0.1) is 0 Å². The minimum Gasteiger partial charge on any atom is -0.507 e. The van der Waals surface area contributed by atoms with Crippen molar-refractivity contribution in [2.75, 3.05) is 13.3 Å². The number of hydrogen-bond acceptors (Lipinski definition) is 6. The molecule has 34 heavy (non-hydrogen) atoms. The number of aliphatic hydroxyl groups excluding tert-OH is 1. The molecule has 2 aromatic carbocycles. The molecule has 4 heterocycles. The van der Waals surface area contributed by atoms with Crippen molar-refractivity contribution in [2.24, 2.45) is 0 Å². The first-order chi connectivity index (χ1) is 16.6. The number of nitrogens with zero attached hydrogens (tertiary/aromatic N) is 1. The van der Waals surface area contributed by atoms with Crippen molar-refractivity contribution in [1.29, 1.82) is 0 Å². The lowest BCUT2D eigenvalue weighted by molar-refractivity contribution is -0.140. The van der Waals surface area contributed by atoms with Gasteiger partial charge in [-0.05, 0) is 48.4 Å². The maximum atomic E-state index is 13.1. The number of carbonyl (C=O) groups excluding carboxylic acids is 2. The summed E-state index contributed by atoms with van der Waals surface area (Å²) in [6, 6.07) is 15.3. The van der Waals surface area contributed by atoms with E-state index in [1.165, 1.54) is 11.2 Å². The molecular weight excluding hydrogens is 436 g/mol. The Balaban J connectivity index is 1.38. The first-order valence-corrected chi connectivity index (χ1v) is 10.9. The predicted octanol–water partition coefficient (Wildman–Crippen LogP) is 4.15. The number of nitrogens with one attached hydrogen (secondary N) is 1. The summed E-state index contributed by atoms with van der Waals surface area (Å²) in [5, 5.41) is 12.2. The maximum absolute atomic E-state index is 13.1. The molecule has 0 aliphatic carbocycles. The lowest BCUT2D eigenvalue weighted by Gasteiger charge is -2.23. The molecule has 2 N–H and O–H groups in total. The van der Waals surface area contributed by atoms with Crippen molar-refractivity contribution >= 4 is 28.4 Å². The smallest absolute Gasteiger partial charge is 0.295 e. The molecule has 0 radical (unpaired) electrons. The molecule has 1 fully saturated rings. The van der Waals surface area contributed by atoms with Crippen LogP contribution in [0.5, 0.6) is 11.5 Å². The topological polar surface area (TPSA) is 105 Å². The van der Waals surface area contributed by atoms with Crippen molar-refractivity contribution in [3.05, 3.63) is 89.5 Å². The average Bonchev–Trinajstić information content (AvgIpc) is 3.65. The Kier molecular flexibility index (Phi) is 4.65. The van der Waals surface area contributed by atoms with Crippen LogP contribution in [0, 0.1) is 0 Å². The van der Waals surface area contributed by atoms with Crippen molar-refractivity contribution in [2.45, 2.75) is 12.5 Å². The highest BCUT2D eigenvalue weighted by molar-refractivity contribution is 6.46. The lowest BCUT2D eigenvalue weighted by Crippen LogP contribution is -2.31. The number of para-hydroxylation sites is 1. The molecule has 0 spiro atoms. The van der Waals surface area contributed by atoms with E-state index in [0.717, 1.165) is 16.5 Å². The SMILES string of the molecule is O=C1C(=O)N(CCc2c[nH]c3ccccc23)C(c2ccco2)/C1=C(/O)c1ccc2c(c1)OCO2. The van der Waals surface area contributed by atoms with Gasteiger partial charge in [0, 0.05) is 29.2 Å². The van der Waals surface area contributed by atoms with Crippen LogP contribution in [-0.2, 0) is 16.0 Å². The van der Waals surface area contributed by atoms with Crippen molar-refractivity contribution < 1.29 is 28.6 Å². The maximum Gasteiger partial charge on any atom is 0.295 e. The highest BCUT2D eigenvalue weighted by atomic mass is 16.7. The van der Waals surface area contributed by atoms with Gasteiger partial charge in [0.15, 0.2) is 11.5 Å². The molecule has 1 saturated heterocycles. The molecule has 0 bridgehead atoms. The molecule has 4 aromatic rings. The van der Waals surface area contributed by atoms with E-state index in [9.17, 15) is 14.7 Å². The zero-order valence-corrected chi connectivity index (χ0v) is 18.0. The van der Waals surface area contributed by atoms with Gasteiger partial charge in [-0.1, -0.05) is 18.2 Å².